The maximum absolute atomic E-state index is 12.8. The van der Waals surface area contributed by atoms with E-state index in [-0.39, 0.29) is 11.5 Å². The first-order chi connectivity index (χ1) is 15.4. The number of para-hydroxylation sites is 1. The lowest BCUT2D eigenvalue weighted by atomic mass is 10.1. The molecule has 9 nitrogen and oxygen atoms in total. The van der Waals surface area contributed by atoms with Gasteiger partial charge >= 0.3 is 5.69 Å². The van der Waals surface area contributed by atoms with Crippen LogP contribution in [0.5, 0.6) is 0 Å². The van der Waals surface area contributed by atoms with Gasteiger partial charge in [-0.3, -0.25) is 19.1 Å². The summed E-state index contributed by atoms with van der Waals surface area (Å²) in [4.78, 5) is 40.7. The fourth-order valence-corrected chi connectivity index (χ4v) is 3.59. The molecule has 0 atom stereocenters. The number of nitrogens with two attached hydrogens (primary N) is 1. The normalized spacial score (nSPS) is 11.2. The molecule has 3 N–H and O–H groups in total. The third-order valence-electron chi connectivity index (χ3n) is 5.30. The Labute approximate surface area is 185 Å². The maximum atomic E-state index is 12.8. The molecule has 0 aliphatic rings. The largest absolute Gasteiger partial charge is 0.383 e. The van der Waals surface area contributed by atoms with Crippen molar-refractivity contribution in [3.8, 4) is 6.07 Å². The minimum absolute atomic E-state index is 0.0374. The van der Waals surface area contributed by atoms with Crippen LogP contribution < -0.4 is 21.9 Å². The van der Waals surface area contributed by atoms with Gasteiger partial charge in [-0.2, -0.15) is 5.26 Å². The minimum atomic E-state index is -0.711. The van der Waals surface area contributed by atoms with E-state index in [4.69, 9.17) is 11.0 Å². The standard InChI is InChI=1S/C23H26N6O3/c1-3-4-14-29-21(25)20(22(31)26-23(29)32)27(2)19(30)11-10-16-15-28(13-7-12-24)18-9-6-5-8-17(16)18/h5-6,8-11,15H,3-4,7,13-14,25H2,1-2H3,(H,26,31,32). The molecular formula is C23H26N6O3. The van der Waals surface area contributed by atoms with Crippen molar-refractivity contribution in [2.24, 2.45) is 0 Å². The number of nitrogens with one attached hydrogen (secondary N) is 1. The van der Waals surface area contributed by atoms with Crippen molar-refractivity contribution >= 4 is 34.4 Å². The first kappa shape index (κ1) is 22.6. The molecule has 0 saturated carbocycles. The zero-order chi connectivity index (χ0) is 23.3. The Hall–Kier alpha value is -4.06. The highest BCUT2D eigenvalue weighted by Gasteiger charge is 2.19. The number of rotatable bonds is 8. The van der Waals surface area contributed by atoms with E-state index < -0.39 is 17.2 Å². The number of aryl methyl sites for hydroxylation is 1. The predicted molar refractivity (Wildman–Crippen MR) is 125 cm³/mol. The molecule has 0 aliphatic heterocycles. The van der Waals surface area contributed by atoms with Gasteiger partial charge in [0.25, 0.3) is 11.5 Å². The lowest BCUT2D eigenvalue weighted by Crippen LogP contribution is -2.38. The number of hydrogen-bond donors (Lipinski definition) is 2. The van der Waals surface area contributed by atoms with Crippen molar-refractivity contribution in [2.45, 2.75) is 39.3 Å². The molecule has 9 heteroatoms. The second kappa shape index (κ2) is 9.83. The van der Waals surface area contributed by atoms with Crippen molar-refractivity contribution in [3.05, 3.63) is 62.9 Å². The summed E-state index contributed by atoms with van der Waals surface area (Å²) >= 11 is 0. The van der Waals surface area contributed by atoms with Gasteiger partial charge in [-0.05, 0) is 18.6 Å². The average Bonchev–Trinajstić information content (AvgIpc) is 3.13. The van der Waals surface area contributed by atoms with Crippen LogP contribution >= 0.6 is 0 Å². The Morgan fingerprint density at radius 1 is 1.28 bits per heavy atom. The van der Waals surface area contributed by atoms with E-state index >= 15 is 0 Å². The smallest absolute Gasteiger partial charge is 0.330 e. The van der Waals surface area contributed by atoms with E-state index in [2.05, 4.69) is 11.1 Å². The van der Waals surface area contributed by atoms with Crippen LogP contribution in [0.2, 0.25) is 0 Å². The molecule has 166 valence electrons. The lowest BCUT2D eigenvalue weighted by Gasteiger charge is -2.19. The lowest BCUT2D eigenvalue weighted by molar-refractivity contribution is -0.113. The molecule has 0 unspecified atom stereocenters. The van der Waals surface area contributed by atoms with Crippen LogP contribution in [0.15, 0.2) is 46.1 Å². The van der Waals surface area contributed by atoms with Gasteiger partial charge in [0.1, 0.15) is 5.82 Å². The molecule has 0 saturated heterocycles. The summed E-state index contributed by atoms with van der Waals surface area (Å²) in [5.74, 6) is -0.499. The minimum Gasteiger partial charge on any atom is -0.383 e. The number of benzene rings is 1. The van der Waals surface area contributed by atoms with Crippen molar-refractivity contribution in [3.63, 3.8) is 0 Å². The van der Waals surface area contributed by atoms with Gasteiger partial charge in [0.15, 0.2) is 5.69 Å². The Balaban J connectivity index is 1.92. The summed E-state index contributed by atoms with van der Waals surface area (Å²) in [6, 6.07) is 9.86. The molecule has 2 heterocycles. The summed E-state index contributed by atoms with van der Waals surface area (Å²) < 4.78 is 3.25. The number of fused-ring (bicyclic) bond motifs is 1. The number of nitrogens with zero attached hydrogens (tertiary/aromatic N) is 4. The molecule has 32 heavy (non-hydrogen) atoms. The number of likely N-dealkylation sites (N-methyl/N-ethyl adjacent to an activating group) is 1. The fourth-order valence-electron chi connectivity index (χ4n) is 3.59. The van der Waals surface area contributed by atoms with Crippen molar-refractivity contribution < 1.29 is 4.79 Å². The Morgan fingerprint density at radius 3 is 2.75 bits per heavy atom. The number of aromatic nitrogens is 3. The van der Waals surface area contributed by atoms with Crippen LogP contribution in [0, 0.1) is 11.3 Å². The Kier molecular flexibility index (Phi) is 6.95. The fraction of sp³-hybridized carbons (Fsp3) is 0.304. The van der Waals surface area contributed by atoms with E-state index in [1.165, 1.54) is 17.7 Å². The van der Waals surface area contributed by atoms with Crippen LogP contribution in [0.1, 0.15) is 31.7 Å². The zero-order valence-corrected chi connectivity index (χ0v) is 18.2. The molecule has 0 aliphatic carbocycles. The summed E-state index contributed by atoms with van der Waals surface area (Å²) in [6.07, 6.45) is 6.85. The van der Waals surface area contributed by atoms with Gasteiger partial charge in [0, 0.05) is 48.9 Å². The molecule has 1 aromatic carbocycles. The van der Waals surface area contributed by atoms with Crippen molar-refractivity contribution in [1.29, 1.82) is 5.26 Å². The Bertz CT molecular complexity index is 1320. The van der Waals surface area contributed by atoms with Gasteiger partial charge < -0.3 is 15.2 Å². The average molecular weight is 435 g/mol. The van der Waals surface area contributed by atoms with Gasteiger partial charge in [-0.15, -0.1) is 0 Å². The number of unbranched alkanes of at least 4 members (excludes halogenated alkanes) is 1. The Morgan fingerprint density at radius 2 is 2.03 bits per heavy atom. The number of aromatic amines is 1. The maximum Gasteiger partial charge on any atom is 0.330 e. The third kappa shape index (κ3) is 4.49. The monoisotopic (exact) mass is 434 g/mol. The highest BCUT2D eigenvalue weighted by Crippen LogP contribution is 2.23. The number of carbonyl (C=O) groups is 1. The van der Waals surface area contributed by atoms with E-state index in [1.54, 1.807) is 6.08 Å². The van der Waals surface area contributed by atoms with E-state index in [1.807, 2.05) is 42.0 Å². The van der Waals surface area contributed by atoms with Crippen molar-refractivity contribution in [1.82, 2.24) is 14.1 Å². The number of carbonyl (C=O) groups excluding carboxylic acids is 1. The molecule has 0 radical (unpaired) electrons. The number of nitriles is 1. The van der Waals surface area contributed by atoms with Gasteiger partial charge in [-0.25, -0.2) is 4.79 Å². The number of anilines is 2. The second-order valence-corrected chi connectivity index (χ2v) is 7.43. The quantitative estimate of drug-likeness (QED) is 0.526. The molecule has 3 aromatic rings. The SMILES string of the molecule is CCCCn1c(N)c(N(C)C(=O)C=Cc2cn(CCC#N)c3ccccc23)c(=O)[nH]c1=O. The number of H-pyrrole nitrogens is 1. The molecular weight excluding hydrogens is 408 g/mol. The first-order valence-corrected chi connectivity index (χ1v) is 10.4. The summed E-state index contributed by atoms with van der Waals surface area (Å²) in [6.45, 7) is 2.88. The molecule has 2 aromatic heterocycles. The molecule has 0 fully saturated rings. The van der Waals surface area contributed by atoms with E-state index in [0.29, 0.717) is 25.9 Å². The van der Waals surface area contributed by atoms with Crippen LogP contribution in [-0.4, -0.2) is 27.1 Å². The molecule has 0 bridgehead atoms. The highest BCUT2D eigenvalue weighted by molar-refractivity contribution is 6.05. The second-order valence-electron chi connectivity index (χ2n) is 7.43. The van der Waals surface area contributed by atoms with Crippen LogP contribution in [0.4, 0.5) is 11.5 Å². The summed E-state index contributed by atoms with van der Waals surface area (Å²) in [7, 11) is 1.44. The van der Waals surface area contributed by atoms with Gasteiger partial charge in [0.05, 0.1) is 12.5 Å². The summed E-state index contributed by atoms with van der Waals surface area (Å²) in [5, 5.41) is 9.84. The van der Waals surface area contributed by atoms with Crippen LogP contribution in [0.25, 0.3) is 17.0 Å². The number of nitrogen functional groups attached to an aromatic ring is 1. The molecule has 0 spiro atoms. The molecule has 3 rings (SSSR count). The topological polar surface area (TPSA) is 130 Å². The van der Waals surface area contributed by atoms with Gasteiger partial charge in [-0.1, -0.05) is 31.5 Å². The van der Waals surface area contributed by atoms with Gasteiger partial charge in [0.2, 0.25) is 0 Å². The van der Waals surface area contributed by atoms with Crippen LogP contribution in [0.3, 0.4) is 0 Å². The van der Waals surface area contributed by atoms with E-state index in [9.17, 15) is 14.4 Å². The predicted octanol–water partition coefficient (Wildman–Crippen LogP) is 2.46. The third-order valence-corrected chi connectivity index (χ3v) is 5.30. The molecule has 1 amide bonds. The van der Waals surface area contributed by atoms with Crippen LogP contribution in [-0.2, 0) is 17.9 Å². The zero-order valence-electron chi connectivity index (χ0n) is 18.2. The number of hydrogen-bond acceptors (Lipinski definition) is 5. The highest BCUT2D eigenvalue weighted by atomic mass is 16.2. The summed E-state index contributed by atoms with van der Waals surface area (Å²) in [5.41, 5.74) is 6.51. The first-order valence-electron chi connectivity index (χ1n) is 10.4. The van der Waals surface area contributed by atoms with E-state index in [0.717, 1.165) is 27.8 Å². The number of amides is 1. The van der Waals surface area contributed by atoms with Crippen molar-refractivity contribution in [2.75, 3.05) is 17.7 Å².